The van der Waals surface area contributed by atoms with Crippen LogP contribution in [0.15, 0.2) is 29.6 Å². The Hall–Kier alpha value is -2.89. The Kier molecular flexibility index (Phi) is 6.04. The highest BCUT2D eigenvalue weighted by molar-refractivity contribution is 7.89. The molecule has 2 aliphatic rings. The quantitative estimate of drug-likeness (QED) is 0.382. The average molecular weight is 542 g/mol. The van der Waals surface area contributed by atoms with Crippen molar-refractivity contribution in [2.24, 2.45) is 11.7 Å². The van der Waals surface area contributed by atoms with Gasteiger partial charge in [0, 0.05) is 42.9 Å². The van der Waals surface area contributed by atoms with Crippen LogP contribution in [-0.4, -0.2) is 65.8 Å². The van der Waals surface area contributed by atoms with E-state index in [9.17, 15) is 13.2 Å². The maximum atomic E-state index is 13.4. The van der Waals surface area contributed by atoms with Crippen LogP contribution in [0.25, 0.3) is 32.8 Å². The summed E-state index contributed by atoms with van der Waals surface area (Å²) in [7, 11) is -1.88. The van der Waals surface area contributed by atoms with Gasteiger partial charge in [0.1, 0.15) is 22.0 Å². The number of carbonyl (C=O) groups is 1. The molecular weight excluding hydrogens is 510 g/mol. The lowest BCUT2D eigenvalue weighted by Crippen LogP contribution is -2.45. The van der Waals surface area contributed by atoms with Crippen molar-refractivity contribution in [2.45, 2.75) is 44.1 Å². The first kappa shape index (κ1) is 24.4. The van der Waals surface area contributed by atoms with E-state index in [1.165, 1.54) is 26.2 Å². The van der Waals surface area contributed by atoms with E-state index in [4.69, 9.17) is 15.5 Å². The molecule has 0 spiro atoms. The first-order chi connectivity index (χ1) is 17.7. The number of benzene rings is 1. The average Bonchev–Trinajstić information content (AvgIpc) is 3.29. The number of aromatic nitrogens is 3. The lowest BCUT2D eigenvalue weighted by Gasteiger charge is -2.30. The topological polar surface area (TPSA) is 112 Å². The number of ether oxygens (including phenoxy) is 1. The van der Waals surface area contributed by atoms with Gasteiger partial charge >= 0.3 is 0 Å². The molecule has 0 unspecified atom stereocenters. The maximum absolute atomic E-state index is 13.4. The minimum atomic E-state index is -3.41. The summed E-state index contributed by atoms with van der Waals surface area (Å²) in [5.74, 6) is 1.25. The van der Waals surface area contributed by atoms with Crippen molar-refractivity contribution in [3.05, 3.63) is 35.2 Å². The number of likely N-dealkylation sites (tertiary alicyclic amines) is 1. The lowest BCUT2D eigenvalue weighted by atomic mass is 10.0. The van der Waals surface area contributed by atoms with Gasteiger partial charge < -0.3 is 24.5 Å². The number of nitrogens with two attached hydrogens (primary N) is 1. The monoisotopic (exact) mass is 541 g/mol. The van der Waals surface area contributed by atoms with Gasteiger partial charge in [0.2, 0.25) is 0 Å². The van der Waals surface area contributed by atoms with Crippen LogP contribution < -0.4 is 10.5 Å². The van der Waals surface area contributed by atoms with E-state index < -0.39 is 9.84 Å². The first-order valence-electron chi connectivity index (χ1n) is 12.6. The van der Waals surface area contributed by atoms with Crippen molar-refractivity contribution in [3.63, 3.8) is 0 Å². The van der Waals surface area contributed by atoms with Crippen LogP contribution in [0.5, 0.6) is 5.75 Å². The van der Waals surface area contributed by atoms with E-state index in [0.29, 0.717) is 47.2 Å². The second kappa shape index (κ2) is 9.14. The summed E-state index contributed by atoms with van der Waals surface area (Å²) in [6.45, 7) is 2.04. The molecule has 37 heavy (non-hydrogen) atoms. The Bertz CT molecular complexity index is 1610. The fourth-order valence-corrected chi connectivity index (χ4v) is 6.97. The number of fused-ring (bicyclic) bond motifs is 2. The van der Waals surface area contributed by atoms with Gasteiger partial charge in [-0.1, -0.05) is 0 Å². The summed E-state index contributed by atoms with van der Waals surface area (Å²) in [6.07, 6.45) is 5.39. The fourth-order valence-electron chi connectivity index (χ4n) is 5.34. The molecule has 2 N–H and O–H groups in total. The fraction of sp³-hybridized carbons (Fsp3) is 0.462. The summed E-state index contributed by atoms with van der Waals surface area (Å²) < 4.78 is 34.8. The predicted molar refractivity (Wildman–Crippen MR) is 146 cm³/mol. The second-order valence-corrected chi connectivity index (χ2v) is 13.4. The van der Waals surface area contributed by atoms with E-state index in [0.717, 1.165) is 35.3 Å². The Labute approximate surface area is 219 Å². The molecule has 1 atom stereocenters. The van der Waals surface area contributed by atoms with Crippen LogP contribution in [0.4, 0.5) is 0 Å². The largest absolute Gasteiger partial charge is 0.494 e. The highest BCUT2D eigenvalue weighted by atomic mass is 32.2. The van der Waals surface area contributed by atoms with Crippen LogP contribution in [0.3, 0.4) is 0 Å². The van der Waals surface area contributed by atoms with Gasteiger partial charge in [-0.15, -0.1) is 11.3 Å². The third-order valence-electron chi connectivity index (χ3n) is 7.25. The van der Waals surface area contributed by atoms with Crippen molar-refractivity contribution in [1.82, 2.24) is 19.0 Å². The number of nitrogens with zero attached hydrogens (tertiary/aromatic N) is 4. The van der Waals surface area contributed by atoms with Crippen LogP contribution in [-0.2, 0) is 22.3 Å². The zero-order chi connectivity index (χ0) is 25.9. The molecule has 1 saturated heterocycles. The van der Waals surface area contributed by atoms with Gasteiger partial charge in [-0.2, -0.15) is 0 Å². The first-order valence-corrected chi connectivity index (χ1v) is 15.5. The lowest BCUT2D eigenvalue weighted by molar-refractivity contribution is 0.0708. The van der Waals surface area contributed by atoms with Crippen LogP contribution in [0.2, 0.25) is 0 Å². The number of thiophene rings is 1. The summed E-state index contributed by atoms with van der Waals surface area (Å²) in [5.41, 5.74) is 8.56. The number of amides is 1. The highest BCUT2D eigenvalue weighted by Crippen LogP contribution is 2.39. The number of rotatable bonds is 7. The summed E-state index contributed by atoms with van der Waals surface area (Å²) in [4.78, 5) is 21.3. The van der Waals surface area contributed by atoms with Crippen molar-refractivity contribution < 1.29 is 17.9 Å². The SMILES string of the molecule is COc1cc(C(=O)N2CCC[C@@H](N)C2)cc2nc(-c3cc4ccsc4n3CC3CC3)n(CS(C)(=O)=O)c12. The van der Waals surface area contributed by atoms with Gasteiger partial charge in [0.05, 0.1) is 18.3 Å². The number of imidazole rings is 1. The normalized spacial score (nSPS) is 18.7. The molecule has 2 fully saturated rings. The predicted octanol–water partition coefficient (Wildman–Crippen LogP) is 3.70. The minimum Gasteiger partial charge on any atom is -0.494 e. The Morgan fingerprint density at radius 2 is 2.03 bits per heavy atom. The Morgan fingerprint density at radius 1 is 1.22 bits per heavy atom. The van der Waals surface area contributed by atoms with Crippen molar-refractivity contribution >= 4 is 48.3 Å². The molecule has 0 radical (unpaired) electrons. The Balaban J connectivity index is 1.54. The van der Waals surface area contributed by atoms with E-state index in [1.807, 2.05) is 0 Å². The van der Waals surface area contributed by atoms with E-state index in [-0.39, 0.29) is 17.8 Å². The van der Waals surface area contributed by atoms with Gasteiger partial charge in [0.15, 0.2) is 15.7 Å². The summed E-state index contributed by atoms with van der Waals surface area (Å²) >= 11 is 1.68. The molecule has 1 amide bonds. The molecule has 1 aliphatic carbocycles. The zero-order valence-electron chi connectivity index (χ0n) is 21.0. The number of hydrogen-bond donors (Lipinski definition) is 1. The summed E-state index contributed by atoms with van der Waals surface area (Å²) in [6, 6.07) is 7.58. The number of piperidine rings is 1. The number of methoxy groups -OCH3 is 1. The van der Waals surface area contributed by atoms with Crippen molar-refractivity contribution in [1.29, 1.82) is 0 Å². The standard InChI is InChI=1S/C26H31N5O4S2/c1-35-22-12-18(25(32)29-8-3-4-19(27)14-29)10-20-23(22)31(15-37(2,33)34)24(28-20)21-11-17-7-9-36-26(17)30(21)13-16-5-6-16/h7,9-12,16,19H,3-6,8,13-15,27H2,1-2H3/t19-/m1/s1. The molecule has 1 saturated carbocycles. The molecule has 1 aliphatic heterocycles. The van der Waals surface area contributed by atoms with Gasteiger partial charge in [0.25, 0.3) is 5.91 Å². The van der Waals surface area contributed by atoms with E-state index in [2.05, 4.69) is 22.1 Å². The second-order valence-electron chi connectivity index (χ2n) is 10.4. The van der Waals surface area contributed by atoms with Crippen LogP contribution in [0.1, 0.15) is 36.0 Å². The smallest absolute Gasteiger partial charge is 0.254 e. The van der Waals surface area contributed by atoms with E-state index in [1.54, 1.807) is 32.9 Å². The van der Waals surface area contributed by atoms with Crippen molar-refractivity contribution in [3.8, 4) is 17.3 Å². The molecule has 0 bridgehead atoms. The molecular formula is C26H31N5O4S2. The minimum absolute atomic E-state index is 0.0305. The number of carbonyl (C=O) groups excluding carboxylic acids is 1. The molecule has 6 rings (SSSR count). The maximum Gasteiger partial charge on any atom is 0.254 e. The van der Waals surface area contributed by atoms with Gasteiger partial charge in [-0.25, -0.2) is 13.4 Å². The molecule has 3 aromatic heterocycles. The van der Waals surface area contributed by atoms with Gasteiger partial charge in [-0.05, 0) is 61.2 Å². The van der Waals surface area contributed by atoms with E-state index >= 15 is 0 Å². The van der Waals surface area contributed by atoms with Crippen LogP contribution in [0, 0.1) is 5.92 Å². The third kappa shape index (κ3) is 4.64. The van der Waals surface area contributed by atoms with Crippen molar-refractivity contribution in [2.75, 3.05) is 26.5 Å². The summed E-state index contributed by atoms with van der Waals surface area (Å²) in [5, 5.41) is 3.19. The molecule has 4 aromatic rings. The zero-order valence-corrected chi connectivity index (χ0v) is 22.6. The molecule has 9 nitrogen and oxygen atoms in total. The van der Waals surface area contributed by atoms with Gasteiger partial charge in [-0.3, -0.25) is 4.79 Å². The Morgan fingerprint density at radius 3 is 2.73 bits per heavy atom. The van der Waals surface area contributed by atoms with Crippen LogP contribution >= 0.6 is 11.3 Å². The highest BCUT2D eigenvalue weighted by Gasteiger charge is 2.29. The third-order valence-corrected chi connectivity index (χ3v) is 8.93. The molecule has 196 valence electrons. The molecule has 1 aromatic carbocycles. The number of sulfone groups is 1. The molecule has 11 heteroatoms. The molecule has 4 heterocycles. The number of hydrogen-bond acceptors (Lipinski definition) is 7.